The molecule has 0 bridgehead atoms. The van der Waals surface area contributed by atoms with E-state index in [0.717, 1.165) is 16.9 Å². The summed E-state index contributed by atoms with van der Waals surface area (Å²) in [5.41, 5.74) is 7.01. The largest absolute Gasteiger partial charge is 0.497 e. The van der Waals surface area contributed by atoms with Crippen LogP contribution in [0.4, 0.5) is 0 Å². The molecule has 1 atom stereocenters. The van der Waals surface area contributed by atoms with Gasteiger partial charge in [0.1, 0.15) is 5.75 Å². The van der Waals surface area contributed by atoms with Crippen LogP contribution in [0.25, 0.3) is 291 Å². The number of nitrogens with one attached hydrogen (secondary N) is 1. The van der Waals surface area contributed by atoms with E-state index in [1.807, 2.05) is 31.2 Å². The third-order valence-corrected chi connectivity index (χ3v) is 28.1. The third-order valence-electron chi connectivity index (χ3n) is 26.7. The second-order valence-electron chi connectivity index (χ2n) is 27.8. The van der Waals surface area contributed by atoms with Crippen molar-refractivity contribution >= 4 is 301 Å². The minimum atomic E-state index is -4.15. The lowest BCUT2D eigenvalue weighted by Gasteiger charge is -2.50. The zero-order chi connectivity index (χ0) is 49.0. The number of benzene rings is 20. The van der Waals surface area contributed by atoms with Gasteiger partial charge in [0.25, 0.3) is 0 Å². The first kappa shape index (κ1) is 32.5. The SMILES string of the molecule is COc1ccc(C(NS(=O)(=O)c2ccc(C)cc2)C23c4c5c6c7c8c9c(c%10c%11c2c2c4c4c%12c5c5c6c6c8c8c%13c9c9c%10c%10c%11c%11c2c2c4c4c%12c%12c5c5c6c8c6c8c%13c9c9c%10c%10c%11c2c2c4c4c%12c5c6c5c8c9c%10c2c45)C73)cc1. The molecule has 0 spiro atoms. The Bertz CT molecular complexity index is 7850. The number of hydrogen-bond donors (Lipinski definition) is 1. The molecule has 0 saturated heterocycles. The molecule has 0 fully saturated rings. The molecule has 1 N–H and O–H groups in total. The zero-order valence-electron chi connectivity index (χ0n) is 41.4. The molecule has 0 radical (unpaired) electrons. The predicted molar refractivity (Wildman–Crippen MR) is 332 cm³/mol. The summed E-state index contributed by atoms with van der Waals surface area (Å²) in [7, 11) is -2.41. The van der Waals surface area contributed by atoms with Crippen LogP contribution in [-0.2, 0) is 15.4 Å². The van der Waals surface area contributed by atoms with Crippen LogP contribution in [-0.4, -0.2) is 15.5 Å². The normalized spacial score (nSPS) is 20.1. The molecule has 4 aliphatic carbocycles. The van der Waals surface area contributed by atoms with E-state index in [2.05, 4.69) is 29.0 Å². The van der Waals surface area contributed by atoms with Crippen molar-refractivity contribution in [3.8, 4) is 5.75 Å². The highest BCUT2D eigenvalue weighted by molar-refractivity contribution is 7.89. The van der Waals surface area contributed by atoms with Gasteiger partial charge in [0, 0.05) is 5.92 Å². The topological polar surface area (TPSA) is 55.4 Å². The maximum atomic E-state index is 16.2. The molecule has 34 rings (SSSR count). The van der Waals surface area contributed by atoms with Gasteiger partial charge in [-0.3, -0.25) is 0 Å². The average Bonchev–Trinajstić information content (AvgIpc) is 1.50. The standard InChI is InChI=1S/C75H17NO3S/c1-11-3-9-14(10-4-11)80(77,78)76-74(12-5-7-13(79-2)8-6-12)75-71-67-61-47-39-31-19-16-15-17-20(19)32-34-30-24(17)26-22-18(15)21-25-23(16)29-33(31)45(47)53-51-37(29)35(25)43-41-27(21)28(22)42-44-36(26)38(30)52-54-46(34)48(40(32)39)62(61)68(71)64(54)66-58(52)56(44)60-50(42)49(41)59-55(43)57(51)65(63(53)67)72(75)69(59)70(60)73(66)75/h3-10,71,74,76H,1-2H3. The molecular formula is C75H17NO3S. The number of hydrogen-bond acceptors (Lipinski definition) is 3. The monoisotopic (exact) mass is 1010 g/mol. The summed E-state index contributed by atoms with van der Waals surface area (Å²) in [4.78, 5) is 0.311. The van der Waals surface area contributed by atoms with E-state index >= 15 is 8.42 Å². The molecule has 346 valence electrons. The second-order valence-corrected chi connectivity index (χ2v) is 29.5. The first-order chi connectivity index (χ1) is 39.5. The van der Waals surface area contributed by atoms with Gasteiger partial charge >= 0.3 is 0 Å². The van der Waals surface area contributed by atoms with Crippen LogP contribution in [0.2, 0.25) is 0 Å². The third kappa shape index (κ3) is 1.96. The van der Waals surface area contributed by atoms with E-state index < -0.39 is 21.5 Å². The summed E-state index contributed by atoms with van der Waals surface area (Å²) in [5.74, 6) is 0.619. The first-order valence-corrected chi connectivity index (χ1v) is 30.5. The Balaban J connectivity index is 1.03. The summed E-state index contributed by atoms with van der Waals surface area (Å²) >= 11 is 0. The van der Waals surface area contributed by atoms with Gasteiger partial charge in [-0.05, 0) is 350 Å². The summed E-state index contributed by atoms with van der Waals surface area (Å²) < 4.78 is 42.1. The molecule has 0 amide bonds. The number of ether oxygens (including phenoxy) is 1. The predicted octanol–water partition coefficient (Wildman–Crippen LogP) is 19.2. The fourth-order valence-electron chi connectivity index (χ4n) is 25.9. The Morgan fingerprint density at radius 1 is 0.338 bits per heavy atom. The molecular weight excluding hydrogens is 995 g/mol. The number of rotatable bonds is 6. The van der Waals surface area contributed by atoms with Crippen molar-refractivity contribution in [3.05, 3.63) is 81.9 Å². The highest BCUT2D eigenvalue weighted by Gasteiger charge is 2.66. The Hall–Kier alpha value is -9.39. The van der Waals surface area contributed by atoms with E-state index in [0.29, 0.717) is 4.90 Å². The quantitative estimate of drug-likeness (QED) is 0.169. The minimum absolute atomic E-state index is 0.152. The van der Waals surface area contributed by atoms with Crippen LogP contribution in [0.15, 0.2) is 53.4 Å². The number of sulfonamides is 1. The smallest absolute Gasteiger partial charge is 0.241 e. The van der Waals surface area contributed by atoms with E-state index in [4.69, 9.17) is 4.74 Å². The molecule has 4 aliphatic rings. The highest BCUT2D eigenvalue weighted by atomic mass is 32.2. The zero-order valence-corrected chi connectivity index (χ0v) is 42.2. The Labute approximate surface area is 440 Å². The van der Waals surface area contributed by atoms with E-state index in [1.54, 1.807) is 158 Å². The van der Waals surface area contributed by atoms with Gasteiger partial charge in [-0.1, -0.05) is 29.8 Å². The number of methoxy groups -OCH3 is 1. The first-order valence-electron chi connectivity index (χ1n) is 29.0. The minimum Gasteiger partial charge on any atom is -0.497 e. The van der Waals surface area contributed by atoms with Gasteiger partial charge in [-0.2, -0.15) is 0 Å². The van der Waals surface area contributed by atoms with E-state index in [-0.39, 0.29) is 5.92 Å². The Kier molecular flexibility index (Phi) is 3.18. The number of aryl methyl sites for hydroxylation is 1. The average molecular weight is 1010 g/mol. The van der Waals surface area contributed by atoms with Gasteiger partial charge in [0.2, 0.25) is 10.0 Å². The van der Waals surface area contributed by atoms with Crippen LogP contribution in [0, 0.1) is 6.92 Å². The second kappa shape index (κ2) is 7.83. The van der Waals surface area contributed by atoms with Gasteiger partial charge in [-0.25, -0.2) is 13.1 Å². The molecule has 5 heteroatoms. The van der Waals surface area contributed by atoms with Crippen molar-refractivity contribution in [2.24, 2.45) is 0 Å². The van der Waals surface area contributed by atoms with Gasteiger partial charge in [-0.15, -0.1) is 0 Å². The summed E-state index contributed by atoms with van der Waals surface area (Å²) in [6.07, 6.45) is 0. The fourth-order valence-corrected chi connectivity index (χ4v) is 27.1. The molecule has 0 aromatic heterocycles. The molecule has 30 aromatic carbocycles. The van der Waals surface area contributed by atoms with Crippen LogP contribution in [0.3, 0.4) is 0 Å². The Morgan fingerprint density at radius 3 is 0.850 bits per heavy atom. The summed E-state index contributed by atoms with van der Waals surface area (Å²) in [6, 6.07) is 15.5. The van der Waals surface area contributed by atoms with Crippen molar-refractivity contribution in [2.75, 3.05) is 7.11 Å². The van der Waals surface area contributed by atoms with Crippen molar-refractivity contribution < 1.29 is 13.2 Å². The van der Waals surface area contributed by atoms with Gasteiger partial charge < -0.3 is 4.74 Å². The van der Waals surface area contributed by atoms with Crippen molar-refractivity contribution in [1.82, 2.24) is 4.72 Å². The van der Waals surface area contributed by atoms with Gasteiger partial charge in [0.05, 0.1) is 23.5 Å². The lowest BCUT2D eigenvalue weighted by molar-refractivity contribution is 0.362. The highest BCUT2D eigenvalue weighted by Crippen LogP contribution is 2.84. The van der Waals surface area contributed by atoms with Crippen molar-refractivity contribution in [2.45, 2.75) is 29.2 Å². The molecule has 0 aliphatic heterocycles. The molecule has 0 saturated carbocycles. The molecule has 1 unspecified atom stereocenters. The summed E-state index contributed by atoms with van der Waals surface area (Å²) in [5, 5.41) is 83.0. The van der Waals surface area contributed by atoms with Gasteiger partial charge in [0.15, 0.2) is 0 Å². The van der Waals surface area contributed by atoms with Crippen molar-refractivity contribution in [3.63, 3.8) is 0 Å². The van der Waals surface area contributed by atoms with Crippen LogP contribution < -0.4 is 9.46 Å². The molecule has 4 nitrogen and oxygen atoms in total. The van der Waals surface area contributed by atoms with E-state index in [9.17, 15) is 0 Å². The van der Waals surface area contributed by atoms with E-state index in [1.165, 1.54) is 162 Å². The van der Waals surface area contributed by atoms with Crippen LogP contribution in [0.1, 0.15) is 45.3 Å². The maximum absolute atomic E-state index is 16.2. The lowest BCUT2D eigenvalue weighted by Crippen LogP contribution is -2.49. The fraction of sp³-hybridized carbons (Fsp3) is 0.0667. The lowest BCUT2D eigenvalue weighted by atomic mass is 9.53. The Morgan fingerprint density at radius 2 is 0.575 bits per heavy atom. The molecule has 30 aromatic rings. The van der Waals surface area contributed by atoms with Crippen LogP contribution >= 0.6 is 0 Å². The van der Waals surface area contributed by atoms with Crippen molar-refractivity contribution in [1.29, 1.82) is 0 Å². The van der Waals surface area contributed by atoms with Crippen LogP contribution in [0.5, 0.6) is 5.75 Å². The maximum Gasteiger partial charge on any atom is 0.241 e. The molecule has 80 heavy (non-hydrogen) atoms. The molecule has 0 heterocycles. The summed E-state index contributed by atoms with van der Waals surface area (Å²) in [6.45, 7) is 2.04.